The molecule has 0 radical (unpaired) electrons. The number of rotatable bonds is 5. The predicted molar refractivity (Wildman–Crippen MR) is 78.5 cm³/mol. The van der Waals surface area contributed by atoms with Gasteiger partial charge in [0.15, 0.2) is 11.6 Å². The monoisotopic (exact) mass is 322 g/mol. The molecule has 6 heteroatoms. The first kappa shape index (κ1) is 16.9. The highest BCUT2D eigenvalue weighted by molar-refractivity contribution is 5.84. The Balaban J connectivity index is 2.10. The van der Waals surface area contributed by atoms with Crippen LogP contribution in [-0.2, 0) is 14.3 Å². The molecule has 4 nitrogen and oxygen atoms in total. The van der Waals surface area contributed by atoms with Crippen LogP contribution in [-0.4, -0.2) is 18.5 Å². The molecule has 1 aromatic carbocycles. The molecule has 0 N–H and O–H groups in total. The molecule has 122 valence electrons. The number of esters is 2. The fraction of sp³-hybridized carbons (Fsp3) is 0.294. The van der Waals surface area contributed by atoms with Crippen molar-refractivity contribution < 1.29 is 27.8 Å². The van der Waals surface area contributed by atoms with E-state index in [4.69, 9.17) is 9.47 Å². The first-order valence-corrected chi connectivity index (χ1v) is 7.12. The Morgan fingerprint density at radius 3 is 2.43 bits per heavy atom. The van der Waals surface area contributed by atoms with Crippen molar-refractivity contribution >= 4 is 11.9 Å². The molecular formula is C17H16F2O4. The smallest absolute Gasteiger partial charge is 0.315 e. The van der Waals surface area contributed by atoms with E-state index in [1.54, 1.807) is 12.2 Å². The van der Waals surface area contributed by atoms with E-state index in [0.717, 1.165) is 12.1 Å². The van der Waals surface area contributed by atoms with E-state index in [2.05, 4.69) is 6.58 Å². The summed E-state index contributed by atoms with van der Waals surface area (Å²) in [6, 6.07) is 2.65. The first-order valence-electron chi connectivity index (χ1n) is 7.12. The summed E-state index contributed by atoms with van der Waals surface area (Å²) in [5.41, 5.74) is 0. The van der Waals surface area contributed by atoms with E-state index < -0.39 is 35.4 Å². The minimum Gasteiger partial charge on any atom is -0.461 e. The third kappa shape index (κ3) is 4.25. The van der Waals surface area contributed by atoms with Gasteiger partial charge < -0.3 is 9.47 Å². The van der Waals surface area contributed by atoms with Crippen LogP contribution in [0.4, 0.5) is 8.78 Å². The minimum atomic E-state index is -0.976. The van der Waals surface area contributed by atoms with Crippen molar-refractivity contribution in [1.29, 1.82) is 0 Å². The number of hydrogen-bond acceptors (Lipinski definition) is 4. The lowest BCUT2D eigenvalue weighted by atomic mass is 9.83. The van der Waals surface area contributed by atoms with Gasteiger partial charge in [-0.25, -0.2) is 8.78 Å². The zero-order chi connectivity index (χ0) is 16.8. The van der Waals surface area contributed by atoms with Gasteiger partial charge in [-0.1, -0.05) is 24.8 Å². The third-order valence-electron chi connectivity index (χ3n) is 3.49. The minimum absolute atomic E-state index is 0.0490. The van der Waals surface area contributed by atoms with Crippen LogP contribution in [0.1, 0.15) is 12.8 Å². The summed E-state index contributed by atoms with van der Waals surface area (Å²) < 4.78 is 36.4. The Morgan fingerprint density at radius 2 is 1.83 bits per heavy atom. The molecular weight excluding hydrogens is 306 g/mol. The SMILES string of the molecule is C=CCOC(=O)[C@H]1CC=CC[C@@H]1C(=O)Oc1ccc(F)cc1F. The quantitative estimate of drug-likeness (QED) is 0.475. The van der Waals surface area contributed by atoms with Gasteiger partial charge in [-0.2, -0.15) is 0 Å². The zero-order valence-electron chi connectivity index (χ0n) is 12.3. The summed E-state index contributed by atoms with van der Waals surface area (Å²) in [5, 5.41) is 0. The van der Waals surface area contributed by atoms with Gasteiger partial charge in [-0.15, -0.1) is 0 Å². The summed E-state index contributed by atoms with van der Waals surface area (Å²) in [5.74, 6) is -4.87. The molecule has 0 aromatic heterocycles. The number of halogens is 2. The summed E-state index contributed by atoms with van der Waals surface area (Å²) in [7, 11) is 0. The van der Waals surface area contributed by atoms with Crippen molar-refractivity contribution in [2.24, 2.45) is 11.8 Å². The van der Waals surface area contributed by atoms with E-state index in [1.807, 2.05) is 0 Å². The third-order valence-corrected chi connectivity index (χ3v) is 3.49. The Bertz CT molecular complexity index is 639. The molecule has 2 rings (SSSR count). The summed E-state index contributed by atoms with van der Waals surface area (Å²) in [6.45, 7) is 3.50. The van der Waals surface area contributed by atoms with Crippen molar-refractivity contribution in [3.63, 3.8) is 0 Å². The van der Waals surface area contributed by atoms with Crippen molar-refractivity contribution in [2.45, 2.75) is 12.8 Å². The number of allylic oxidation sites excluding steroid dienone is 2. The van der Waals surface area contributed by atoms with Gasteiger partial charge in [0.1, 0.15) is 12.4 Å². The van der Waals surface area contributed by atoms with E-state index in [-0.39, 0.29) is 18.8 Å². The van der Waals surface area contributed by atoms with Crippen molar-refractivity contribution in [3.05, 3.63) is 54.6 Å². The Morgan fingerprint density at radius 1 is 1.17 bits per heavy atom. The largest absolute Gasteiger partial charge is 0.461 e. The van der Waals surface area contributed by atoms with Crippen LogP contribution < -0.4 is 4.74 Å². The number of benzene rings is 1. The highest BCUT2D eigenvalue weighted by Crippen LogP contribution is 2.29. The Kier molecular flexibility index (Phi) is 5.62. The summed E-state index contributed by atoms with van der Waals surface area (Å²) in [6.07, 6.45) is 5.58. The molecule has 0 unspecified atom stereocenters. The van der Waals surface area contributed by atoms with Crippen LogP contribution >= 0.6 is 0 Å². The molecule has 1 aromatic rings. The highest BCUT2D eigenvalue weighted by Gasteiger charge is 2.36. The lowest BCUT2D eigenvalue weighted by Gasteiger charge is -2.25. The molecule has 0 spiro atoms. The van der Waals surface area contributed by atoms with Gasteiger partial charge in [-0.05, 0) is 25.0 Å². The van der Waals surface area contributed by atoms with Crippen molar-refractivity contribution in [2.75, 3.05) is 6.61 Å². The van der Waals surface area contributed by atoms with Crippen LogP contribution in [0, 0.1) is 23.5 Å². The standard InChI is InChI=1S/C17H16F2O4/c1-2-9-22-16(20)12-5-3-4-6-13(12)17(21)23-15-8-7-11(18)10-14(15)19/h2-4,7-8,10,12-13H,1,5-6,9H2/t12-,13-/m0/s1. The van der Waals surface area contributed by atoms with E-state index in [9.17, 15) is 18.4 Å². The average molecular weight is 322 g/mol. The average Bonchev–Trinajstić information content (AvgIpc) is 2.55. The second kappa shape index (κ2) is 7.67. The van der Waals surface area contributed by atoms with Crippen molar-refractivity contribution in [1.82, 2.24) is 0 Å². The molecule has 0 amide bonds. The Hall–Kier alpha value is -2.50. The number of carbonyl (C=O) groups excluding carboxylic acids is 2. The molecule has 0 fully saturated rings. The van der Waals surface area contributed by atoms with E-state index in [1.165, 1.54) is 6.08 Å². The Labute approximate surface area is 132 Å². The van der Waals surface area contributed by atoms with E-state index in [0.29, 0.717) is 12.5 Å². The molecule has 1 aliphatic carbocycles. The van der Waals surface area contributed by atoms with Crippen LogP contribution in [0.3, 0.4) is 0 Å². The molecule has 0 bridgehead atoms. The van der Waals surface area contributed by atoms with Gasteiger partial charge >= 0.3 is 11.9 Å². The number of ether oxygens (including phenoxy) is 2. The van der Waals surface area contributed by atoms with Gasteiger partial charge in [0.25, 0.3) is 0 Å². The van der Waals surface area contributed by atoms with E-state index >= 15 is 0 Å². The second-order valence-electron chi connectivity index (χ2n) is 5.07. The van der Waals surface area contributed by atoms with Crippen LogP contribution in [0.25, 0.3) is 0 Å². The summed E-state index contributed by atoms with van der Waals surface area (Å²) in [4.78, 5) is 24.2. The lowest BCUT2D eigenvalue weighted by Crippen LogP contribution is -2.35. The van der Waals surface area contributed by atoms with Gasteiger partial charge in [0.2, 0.25) is 0 Å². The molecule has 0 saturated carbocycles. The normalized spacial score (nSPS) is 19.9. The van der Waals surface area contributed by atoms with Gasteiger partial charge in [-0.3, -0.25) is 9.59 Å². The van der Waals surface area contributed by atoms with Crippen molar-refractivity contribution in [3.8, 4) is 5.75 Å². The molecule has 1 aliphatic rings. The first-order chi connectivity index (χ1) is 11.0. The lowest BCUT2D eigenvalue weighted by molar-refractivity contribution is -0.156. The maximum atomic E-state index is 13.6. The van der Waals surface area contributed by atoms with Gasteiger partial charge in [0.05, 0.1) is 11.8 Å². The molecule has 23 heavy (non-hydrogen) atoms. The fourth-order valence-electron chi connectivity index (χ4n) is 2.33. The van der Waals surface area contributed by atoms with Gasteiger partial charge in [0, 0.05) is 6.07 Å². The number of hydrogen-bond donors (Lipinski definition) is 0. The number of carbonyl (C=O) groups is 2. The molecule has 2 atom stereocenters. The molecule has 0 heterocycles. The second-order valence-corrected chi connectivity index (χ2v) is 5.07. The fourth-order valence-corrected chi connectivity index (χ4v) is 2.33. The topological polar surface area (TPSA) is 52.6 Å². The molecule has 0 saturated heterocycles. The highest BCUT2D eigenvalue weighted by atomic mass is 19.1. The predicted octanol–water partition coefficient (Wildman–Crippen LogP) is 3.18. The van der Waals surface area contributed by atoms with Crippen LogP contribution in [0.2, 0.25) is 0 Å². The summed E-state index contributed by atoms with van der Waals surface area (Å²) >= 11 is 0. The maximum Gasteiger partial charge on any atom is 0.315 e. The molecule has 0 aliphatic heterocycles. The maximum absolute atomic E-state index is 13.6. The zero-order valence-corrected chi connectivity index (χ0v) is 12.3. The van der Waals surface area contributed by atoms with Crippen LogP contribution in [0.15, 0.2) is 43.0 Å². The van der Waals surface area contributed by atoms with Crippen LogP contribution in [0.5, 0.6) is 5.75 Å².